The van der Waals surface area contributed by atoms with E-state index in [0.29, 0.717) is 30.8 Å². The van der Waals surface area contributed by atoms with E-state index >= 15 is 0 Å². The molecular formula is C26H41N3O3S. The number of primary sulfonamides is 1. The predicted octanol–water partition coefficient (Wildman–Crippen LogP) is 4.67. The monoisotopic (exact) mass is 475 g/mol. The van der Waals surface area contributed by atoms with Gasteiger partial charge in [0.1, 0.15) is 0 Å². The lowest BCUT2D eigenvalue weighted by Crippen LogP contribution is -2.46. The van der Waals surface area contributed by atoms with E-state index in [1.165, 1.54) is 63.5 Å². The Bertz CT molecular complexity index is 893. The van der Waals surface area contributed by atoms with Crippen LogP contribution in [-0.4, -0.2) is 32.4 Å². The van der Waals surface area contributed by atoms with Crippen LogP contribution in [0.1, 0.15) is 76.7 Å². The van der Waals surface area contributed by atoms with Gasteiger partial charge in [-0.3, -0.25) is 0 Å². The molecule has 0 heterocycles. The van der Waals surface area contributed by atoms with Crippen molar-refractivity contribution < 1.29 is 13.2 Å². The molecule has 4 saturated carbocycles. The number of nitrogens with two attached hydrogens (primary N) is 2. The minimum absolute atomic E-state index is 0.0998. The summed E-state index contributed by atoms with van der Waals surface area (Å²) in [6.45, 7) is 3.49. The Morgan fingerprint density at radius 2 is 1.61 bits per heavy atom. The van der Waals surface area contributed by atoms with Gasteiger partial charge in [0.25, 0.3) is 0 Å². The summed E-state index contributed by atoms with van der Waals surface area (Å²) in [6.07, 6.45) is 14.3. The number of hydrogen-bond acceptors (Lipinski definition) is 3. The van der Waals surface area contributed by atoms with Gasteiger partial charge in [0.15, 0.2) is 0 Å². The molecule has 0 aromatic heterocycles. The lowest BCUT2D eigenvalue weighted by Gasteiger charge is -2.57. The first-order valence-electron chi connectivity index (χ1n) is 12.8. The predicted molar refractivity (Wildman–Crippen MR) is 131 cm³/mol. The molecule has 0 saturated heterocycles. The van der Waals surface area contributed by atoms with Crippen LogP contribution in [0.3, 0.4) is 0 Å². The van der Waals surface area contributed by atoms with Gasteiger partial charge in [-0.2, -0.15) is 0 Å². The highest BCUT2D eigenvalue weighted by Crippen LogP contribution is 2.61. The van der Waals surface area contributed by atoms with Crippen LogP contribution in [0.5, 0.6) is 0 Å². The van der Waals surface area contributed by atoms with Crippen molar-refractivity contribution >= 4 is 16.1 Å². The van der Waals surface area contributed by atoms with Crippen LogP contribution in [0.25, 0.3) is 0 Å². The van der Waals surface area contributed by atoms with Crippen LogP contribution in [0.4, 0.5) is 4.79 Å². The van der Waals surface area contributed by atoms with Crippen LogP contribution < -0.4 is 10.9 Å². The summed E-state index contributed by atoms with van der Waals surface area (Å²) < 4.78 is 22.8. The molecule has 0 spiro atoms. The van der Waals surface area contributed by atoms with Gasteiger partial charge in [-0.05, 0) is 111 Å². The number of amides is 2. The summed E-state index contributed by atoms with van der Waals surface area (Å²) in [6, 6.07) is 6.14. The Hall–Kier alpha value is -1.60. The standard InChI is InChI=1S/C26H41N3O3S/c1-2-19(7-10-26-16-21-13-22(17-26)15-23(14-21)18-26)8-11-29(25(27)30)12-9-20-3-5-24(6-4-20)33(28,31)32/h3-6,19,21-23H,2,7-18H2,1H3,(H2,27,30)(H2,28,31,32). The van der Waals surface area contributed by atoms with Crippen molar-refractivity contribution in [1.82, 2.24) is 4.90 Å². The maximum absolute atomic E-state index is 12.0. The average molecular weight is 476 g/mol. The molecule has 0 radical (unpaired) electrons. The van der Waals surface area contributed by atoms with Gasteiger partial charge in [0.2, 0.25) is 10.0 Å². The largest absolute Gasteiger partial charge is 0.351 e. The molecule has 4 aliphatic rings. The van der Waals surface area contributed by atoms with E-state index in [1.54, 1.807) is 17.0 Å². The zero-order valence-electron chi connectivity index (χ0n) is 20.0. The third-order valence-corrected chi connectivity index (χ3v) is 9.80. The number of sulfonamides is 1. The lowest BCUT2D eigenvalue weighted by molar-refractivity contribution is -0.0602. The van der Waals surface area contributed by atoms with Gasteiger partial charge in [-0.15, -0.1) is 0 Å². The lowest BCUT2D eigenvalue weighted by atomic mass is 9.48. The highest BCUT2D eigenvalue weighted by atomic mass is 32.2. The molecule has 184 valence electrons. The summed E-state index contributed by atoms with van der Waals surface area (Å²) in [5.74, 6) is 3.64. The molecule has 5 rings (SSSR count). The SMILES string of the molecule is CCC(CCN(CCc1ccc(S(N)(=O)=O)cc1)C(N)=O)CCC12CC3CC(CC(C3)C1)C2. The minimum atomic E-state index is -3.69. The highest BCUT2D eigenvalue weighted by molar-refractivity contribution is 7.89. The summed E-state index contributed by atoms with van der Waals surface area (Å²) in [5, 5.41) is 5.16. The molecule has 33 heavy (non-hydrogen) atoms. The minimum Gasteiger partial charge on any atom is -0.351 e. The average Bonchev–Trinajstić information content (AvgIpc) is 2.74. The van der Waals surface area contributed by atoms with E-state index in [4.69, 9.17) is 10.9 Å². The first-order valence-corrected chi connectivity index (χ1v) is 14.4. The molecular weight excluding hydrogens is 434 g/mol. The Labute approximate surface area is 199 Å². The van der Waals surface area contributed by atoms with E-state index in [1.807, 2.05) is 0 Å². The zero-order valence-corrected chi connectivity index (χ0v) is 20.9. The molecule has 7 heteroatoms. The summed E-state index contributed by atoms with van der Waals surface area (Å²) in [5.41, 5.74) is 7.26. The molecule has 1 aromatic carbocycles. The van der Waals surface area contributed by atoms with Crippen LogP contribution in [0, 0.1) is 29.1 Å². The Morgan fingerprint density at radius 1 is 1.03 bits per heavy atom. The topological polar surface area (TPSA) is 106 Å². The first kappa shape index (κ1) is 24.5. The second kappa shape index (κ2) is 9.95. The number of hydrogen-bond donors (Lipinski definition) is 2. The molecule has 1 unspecified atom stereocenters. The number of nitrogens with zero attached hydrogens (tertiary/aromatic N) is 1. The normalized spacial score (nSPS) is 29.2. The maximum Gasteiger partial charge on any atom is 0.314 e. The summed E-state index contributed by atoms with van der Waals surface area (Å²) in [7, 11) is -3.69. The van der Waals surface area contributed by atoms with E-state index in [0.717, 1.165) is 36.2 Å². The molecule has 4 aliphatic carbocycles. The fourth-order valence-electron chi connectivity index (χ4n) is 7.44. The second-order valence-corrected chi connectivity index (χ2v) is 12.8. The Balaban J connectivity index is 1.26. The van der Waals surface area contributed by atoms with Gasteiger partial charge in [0.05, 0.1) is 4.90 Å². The molecule has 4 fully saturated rings. The van der Waals surface area contributed by atoms with Crippen molar-refractivity contribution in [2.24, 2.45) is 40.0 Å². The van der Waals surface area contributed by atoms with Crippen molar-refractivity contribution in [2.75, 3.05) is 13.1 Å². The van der Waals surface area contributed by atoms with Crippen molar-refractivity contribution in [3.05, 3.63) is 29.8 Å². The van der Waals surface area contributed by atoms with E-state index in [-0.39, 0.29) is 10.9 Å². The van der Waals surface area contributed by atoms with Gasteiger partial charge >= 0.3 is 6.03 Å². The summed E-state index contributed by atoms with van der Waals surface area (Å²) >= 11 is 0. The maximum atomic E-state index is 12.0. The molecule has 6 nitrogen and oxygen atoms in total. The van der Waals surface area contributed by atoms with E-state index < -0.39 is 10.0 Å². The molecule has 2 amide bonds. The van der Waals surface area contributed by atoms with Gasteiger partial charge in [0, 0.05) is 13.1 Å². The fraction of sp³-hybridized carbons (Fsp3) is 0.731. The van der Waals surface area contributed by atoms with E-state index in [2.05, 4.69) is 6.92 Å². The zero-order chi connectivity index (χ0) is 23.6. The number of rotatable bonds is 11. The summed E-state index contributed by atoms with van der Waals surface area (Å²) in [4.78, 5) is 13.9. The van der Waals surface area contributed by atoms with Gasteiger partial charge in [-0.25, -0.2) is 18.4 Å². The second-order valence-electron chi connectivity index (χ2n) is 11.3. The van der Waals surface area contributed by atoms with Crippen molar-refractivity contribution in [3.8, 4) is 0 Å². The molecule has 1 atom stereocenters. The van der Waals surface area contributed by atoms with Crippen LogP contribution in [0.15, 0.2) is 29.2 Å². The molecule has 0 aliphatic heterocycles. The van der Waals surface area contributed by atoms with Crippen molar-refractivity contribution in [2.45, 2.75) is 82.4 Å². The van der Waals surface area contributed by atoms with Crippen molar-refractivity contribution in [3.63, 3.8) is 0 Å². The van der Waals surface area contributed by atoms with Crippen LogP contribution >= 0.6 is 0 Å². The molecule has 4 N–H and O–H groups in total. The molecule has 1 aromatic rings. The number of benzene rings is 1. The van der Waals surface area contributed by atoms with Crippen LogP contribution in [-0.2, 0) is 16.4 Å². The quantitative estimate of drug-likeness (QED) is 0.485. The first-order chi connectivity index (χ1) is 15.7. The third kappa shape index (κ3) is 6.10. The Kier molecular flexibility index (Phi) is 7.39. The van der Waals surface area contributed by atoms with Crippen molar-refractivity contribution in [1.29, 1.82) is 0 Å². The highest BCUT2D eigenvalue weighted by Gasteiger charge is 2.50. The van der Waals surface area contributed by atoms with Gasteiger partial charge < -0.3 is 10.6 Å². The number of carbonyl (C=O) groups is 1. The smallest absolute Gasteiger partial charge is 0.314 e. The number of carbonyl (C=O) groups excluding carboxylic acids is 1. The van der Waals surface area contributed by atoms with Crippen LogP contribution in [0.2, 0.25) is 0 Å². The number of urea groups is 1. The molecule has 4 bridgehead atoms. The fourth-order valence-corrected chi connectivity index (χ4v) is 7.95. The number of primary amides is 1. The van der Waals surface area contributed by atoms with E-state index in [9.17, 15) is 13.2 Å². The van der Waals surface area contributed by atoms with Gasteiger partial charge in [-0.1, -0.05) is 25.5 Å². The third-order valence-electron chi connectivity index (χ3n) is 8.87. The Morgan fingerprint density at radius 3 is 2.09 bits per heavy atom.